The largest absolute Gasteiger partial charge is 0.491 e. The van der Waals surface area contributed by atoms with Gasteiger partial charge in [-0.15, -0.1) is 0 Å². The van der Waals surface area contributed by atoms with E-state index in [9.17, 15) is 0 Å². The van der Waals surface area contributed by atoms with Gasteiger partial charge in [-0.3, -0.25) is 9.11 Å². The van der Waals surface area contributed by atoms with E-state index in [1.165, 1.54) is 0 Å². The average molecular weight is 377 g/mol. The predicted octanol–water partition coefficient (Wildman–Crippen LogP) is 0.560. The molecule has 1 atom stereocenters. The minimum absolute atomic E-state index is 0.341. The monoisotopic (exact) mass is 377 g/mol. The fraction of sp³-hybridized carbons (Fsp3) is 0.643. The number of hydrogen-bond donors (Lipinski definition) is 2. The van der Waals surface area contributed by atoms with Crippen molar-refractivity contribution in [3.63, 3.8) is 0 Å². The third-order valence-corrected chi connectivity index (χ3v) is 3.25. The van der Waals surface area contributed by atoms with Gasteiger partial charge in [0.1, 0.15) is 5.76 Å². The quantitative estimate of drug-likeness (QED) is 0.402. The SMILES string of the molecule is CCOC1=CC(=[N+]=[N-])C(OCC)C=C1N1CCOCC1.O=S(=O)(O)O. The summed E-state index contributed by atoms with van der Waals surface area (Å²) in [6, 6.07) is 0. The summed E-state index contributed by atoms with van der Waals surface area (Å²) in [5, 5.41) is 0. The Kier molecular flexibility index (Phi) is 8.76. The molecule has 1 heterocycles. The molecule has 25 heavy (non-hydrogen) atoms. The summed E-state index contributed by atoms with van der Waals surface area (Å²) >= 11 is 0. The Balaban J connectivity index is 0.000000550. The lowest BCUT2D eigenvalue weighted by atomic mass is 10.0. The number of rotatable bonds is 5. The molecule has 1 aliphatic heterocycles. The van der Waals surface area contributed by atoms with Gasteiger partial charge in [0.2, 0.25) is 0 Å². The topological polar surface area (TPSA) is 142 Å². The maximum Gasteiger partial charge on any atom is 0.394 e. The van der Waals surface area contributed by atoms with Gasteiger partial charge in [0.05, 0.1) is 31.6 Å². The summed E-state index contributed by atoms with van der Waals surface area (Å²) in [6.07, 6.45) is 3.36. The van der Waals surface area contributed by atoms with Crippen molar-refractivity contribution in [3.05, 3.63) is 29.1 Å². The highest BCUT2D eigenvalue weighted by Crippen LogP contribution is 2.24. The molecule has 0 saturated carbocycles. The molecule has 2 rings (SSSR count). The van der Waals surface area contributed by atoms with Crippen molar-refractivity contribution in [3.8, 4) is 0 Å². The molecule has 2 N–H and O–H groups in total. The van der Waals surface area contributed by atoms with Gasteiger partial charge in [-0.05, 0) is 19.9 Å². The van der Waals surface area contributed by atoms with Crippen LogP contribution in [0, 0.1) is 0 Å². The molecule has 0 amide bonds. The molecule has 11 heteroatoms. The summed E-state index contributed by atoms with van der Waals surface area (Å²) in [4.78, 5) is 5.52. The molecule has 0 spiro atoms. The predicted molar refractivity (Wildman–Crippen MR) is 88.4 cm³/mol. The lowest BCUT2D eigenvalue weighted by Gasteiger charge is -2.33. The molecule has 1 unspecified atom stereocenters. The van der Waals surface area contributed by atoms with E-state index in [1.54, 1.807) is 6.08 Å². The fourth-order valence-corrected chi connectivity index (χ4v) is 2.34. The van der Waals surface area contributed by atoms with E-state index >= 15 is 0 Å². The average Bonchev–Trinajstić information content (AvgIpc) is 2.55. The van der Waals surface area contributed by atoms with Crippen LogP contribution in [-0.4, -0.2) is 78.5 Å². The maximum absolute atomic E-state index is 9.12. The second kappa shape index (κ2) is 10.3. The summed E-state index contributed by atoms with van der Waals surface area (Å²) in [5.74, 6) is 0.721. The number of morpholine rings is 1. The smallest absolute Gasteiger partial charge is 0.394 e. The molecular formula is C14H23N3O7S. The van der Waals surface area contributed by atoms with E-state index in [1.807, 2.05) is 19.9 Å². The van der Waals surface area contributed by atoms with Crippen molar-refractivity contribution in [2.24, 2.45) is 0 Å². The van der Waals surface area contributed by atoms with Crippen LogP contribution in [0.3, 0.4) is 0 Å². The lowest BCUT2D eigenvalue weighted by Crippen LogP contribution is -2.39. The second-order valence-electron chi connectivity index (χ2n) is 4.94. The first-order valence-corrected chi connectivity index (χ1v) is 9.12. The van der Waals surface area contributed by atoms with Gasteiger partial charge in [0.15, 0.2) is 6.10 Å². The Labute approximate surface area is 146 Å². The molecule has 0 aromatic rings. The minimum atomic E-state index is -4.67. The highest BCUT2D eigenvalue weighted by atomic mass is 32.3. The Hall–Kier alpha value is -1.75. The molecule has 0 bridgehead atoms. The second-order valence-corrected chi connectivity index (χ2v) is 5.84. The van der Waals surface area contributed by atoms with Crippen LogP contribution in [-0.2, 0) is 24.6 Å². The number of ether oxygens (including phenoxy) is 3. The molecule has 0 aromatic heterocycles. The van der Waals surface area contributed by atoms with Crippen LogP contribution in [0.1, 0.15) is 13.8 Å². The van der Waals surface area contributed by atoms with E-state index < -0.39 is 10.4 Å². The van der Waals surface area contributed by atoms with Crippen LogP contribution in [0.25, 0.3) is 5.53 Å². The zero-order chi connectivity index (χ0) is 18.9. The van der Waals surface area contributed by atoms with Gasteiger partial charge >= 0.3 is 16.1 Å². The van der Waals surface area contributed by atoms with Crippen molar-refractivity contribution in [2.75, 3.05) is 39.5 Å². The minimum Gasteiger partial charge on any atom is -0.491 e. The Morgan fingerprint density at radius 1 is 1.32 bits per heavy atom. The molecular weight excluding hydrogens is 354 g/mol. The Bertz CT molecular complexity index is 639. The highest BCUT2D eigenvalue weighted by molar-refractivity contribution is 7.79. The highest BCUT2D eigenvalue weighted by Gasteiger charge is 2.31. The molecule has 1 saturated heterocycles. The van der Waals surface area contributed by atoms with Crippen molar-refractivity contribution in [1.29, 1.82) is 0 Å². The first-order valence-electron chi connectivity index (χ1n) is 7.72. The normalized spacial score (nSPS) is 20.7. The van der Waals surface area contributed by atoms with Crippen LogP contribution >= 0.6 is 0 Å². The van der Waals surface area contributed by atoms with E-state index in [2.05, 4.69) is 9.69 Å². The zero-order valence-electron chi connectivity index (χ0n) is 14.2. The molecule has 2 aliphatic rings. The molecule has 0 aromatic carbocycles. The number of nitrogens with zero attached hydrogens (tertiary/aromatic N) is 3. The molecule has 10 nitrogen and oxygen atoms in total. The summed E-state index contributed by atoms with van der Waals surface area (Å²) in [6.45, 7) is 8.01. The fourth-order valence-electron chi connectivity index (χ4n) is 2.34. The lowest BCUT2D eigenvalue weighted by molar-refractivity contribution is -0.0230. The van der Waals surface area contributed by atoms with Crippen molar-refractivity contribution in [2.45, 2.75) is 20.0 Å². The third-order valence-electron chi connectivity index (χ3n) is 3.25. The van der Waals surface area contributed by atoms with Crippen LogP contribution in [0.2, 0.25) is 0 Å². The van der Waals surface area contributed by atoms with Gasteiger partial charge in [-0.2, -0.15) is 13.2 Å². The maximum atomic E-state index is 9.12. The Morgan fingerprint density at radius 3 is 2.40 bits per heavy atom. The van der Waals surface area contributed by atoms with Crippen LogP contribution < -0.4 is 0 Å². The summed E-state index contributed by atoms with van der Waals surface area (Å²) in [7, 11) is -4.67. The van der Waals surface area contributed by atoms with E-state index in [0.717, 1.165) is 24.5 Å². The van der Waals surface area contributed by atoms with Gasteiger partial charge < -0.3 is 24.6 Å². The van der Waals surface area contributed by atoms with E-state index in [-0.39, 0.29) is 6.10 Å². The zero-order valence-corrected chi connectivity index (χ0v) is 15.0. The first-order chi connectivity index (χ1) is 11.8. The molecule has 1 fully saturated rings. The molecule has 0 radical (unpaired) electrons. The van der Waals surface area contributed by atoms with Gasteiger partial charge in [-0.25, -0.2) is 0 Å². The first kappa shape index (κ1) is 21.3. The Morgan fingerprint density at radius 2 is 1.92 bits per heavy atom. The van der Waals surface area contributed by atoms with Crippen LogP contribution in [0.4, 0.5) is 0 Å². The van der Waals surface area contributed by atoms with Crippen molar-refractivity contribution < 1.29 is 36.5 Å². The van der Waals surface area contributed by atoms with Crippen LogP contribution in [0.5, 0.6) is 0 Å². The standard InChI is InChI=1S/C14H21N3O3.H2O4S/c1-3-19-13-10-12(17-5-7-18-8-6-17)14(20-4-2)9-11(13)16-15;1-5(2,3)4/h9-10,13H,3-8H2,1-2H3;(H2,1,2,3,4). The van der Waals surface area contributed by atoms with Gasteiger partial charge in [0, 0.05) is 19.7 Å². The van der Waals surface area contributed by atoms with Crippen LogP contribution in [0.15, 0.2) is 23.6 Å². The van der Waals surface area contributed by atoms with E-state index in [0.29, 0.717) is 32.1 Å². The molecule has 1 aliphatic carbocycles. The summed E-state index contributed by atoms with van der Waals surface area (Å²) < 4.78 is 48.2. The van der Waals surface area contributed by atoms with Crippen molar-refractivity contribution >= 4 is 16.1 Å². The van der Waals surface area contributed by atoms with Crippen molar-refractivity contribution in [1.82, 2.24) is 4.90 Å². The van der Waals surface area contributed by atoms with Gasteiger partial charge in [0.25, 0.3) is 0 Å². The van der Waals surface area contributed by atoms with Gasteiger partial charge in [-0.1, -0.05) is 0 Å². The van der Waals surface area contributed by atoms with E-state index in [4.69, 9.17) is 37.3 Å². The third kappa shape index (κ3) is 7.78. The molecule has 142 valence electrons. The summed E-state index contributed by atoms with van der Waals surface area (Å²) in [5.41, 5.74) is 10.6. The number of hydrogen-bond acceptors (Lipinski definition) is 6.